The number of hydrogen-bond acceptors (Lipinski definition) is 4. The molecule has 0 bridgehead atoms. The number of nitrogens with one attached hydrogen (secondary N) is 1. The SMILES string of the molecule is Cc1ccc(N=C2NN=C(c3ccc(C)s3)CS2)c(C)c1. The summed E-state index contributed by atoms with van der Waals surface area (Å²) in [6.07, 6.45) is 0. The molecule has 0 spiro atoms. The Balaban J connectivity index is 1.78. The van der Waals surface area contributed by atoms with Crippen LogP contribution in [-0.2, 0) is 0 Å². The molecule has 0 saturated carbocycles. The van der Waals surface area contributed by atoms with Crippen LogP contribution in [0.3, 0.4) is 0 Å². The van der Waals surface area contributed by atoms with Crippen molar-refractivity contribution in [1.82, 2.24) is 5.43 Å². The Morgan fingerprint density at radius 3 is 2.62 bits per heavy atom. The molecule has 0 fully saturated rings. The topological polar surface area (TPSA) is 36.8 Å². The maximum atomic E-state index is 4.66. The molecule has 0 atom stereocenters. The largest absolute Gasteiger partial charge is 0.255 e. The van der Waals surface area contributed by atoms with Gasteiger partial charge in [-0.2, -0.15) is 5.10 Å². The average Bonchev–Trinajstić information content (AvgIpc) is 2.89. The summed E-state index contributed by atoms with van der Waals surface area (Å²) >= 11 is 3.48. The molecular weight excluding hydrogens is 298 g/mol. The van der Waals surface area contributed by atoms with Crippen LogP contribution in [0.1, 0.15) is 20.9 Å². The highest BCUT2D eigenvalue weighted by molar-refractivity contribution is 8.14. The van der Waals surface area contributed by atoms with E-state index in [1.54, 1.807) is 23.1 Å². The number of aryl methyl sites for hydroxylation is 3. The van der Waals surface area contributed by atoms with Gasteiger partial charge in [-0.25, -0.2) is 4.99 Å². The second kappa shape index (κ2) is 6.03. The van der Waals surface area contributed by atoms with E-state index in [1.807, 2.05) is 0 Å². The first-order chi connectivity index (χ1) is 10.1. The lowest BCUT2D eigenvalue weighted by molar-refractivity contribution is 1.03. The molecule has 0 saturated heterocycles. The Labute approximate surface area is 133 Å². The lowest BCUT2D eigenvalue weighted by atomic mass is 10.1. The summed E-state index contributed by atoms with van der Waals surface area (Å²) in [6.45, 7) is 6.30. The van der Waals surface area contributed by atoms with Gasteiger partial charge in [0.15, 0.2) is 5.17 Å². The third-order valence-electron chi connectivity index (χ3n) is 3.23. The molecule has 3 rings (SSSR count). The molecule has 1 aliphatic heterocycles. The van der Waals surface area contributed by atoms with E-state index in [1.165, 1.54) is 20.9 Å². The number of thiophene rings is 1. The van der Waals surface area contributed by atoms with Crippen molar-refractivity contribution in [2.75, 3.05) is 5.75 Å². The first-order valence-electron chi connectivity index (χ1n) is 6.80. The van der Waals surface area contributed by atoms with Gasteiger partial charge in [-0.3, -0.25) is 5.43 Å². The Bertz CT molecular complexity index is 729. The van der Waals surface area contributed by atoms with Crippen molar-refractivity contribution >= 4 is 39.7 Å². The Kier molecular flexibility index (Phi) is 4.12. The Hall–Kier alpha value is -1.59. The normalized spacial score (nSPS) is 16.7. The van der Waals surface area contributed by atoms with Crippen molar-refractivity contribution < 1.29 is 0 Å². The summed E-state index contributed by atoms with van der Waals surface area (Å²) in [5.74, 6) is 0.858. The maximum absolute atomic E-state index is 4.66. The van der Waals surface area contributed by atoms with Gasteiger partial charge in [0.2, 0.25) is 0 Å². The number of hydrogen-bond donors (Lipinski definition) is 1. The van der Waals surface area contributed by atoms with Crippen molar-refractivity contribution in [1.29, 1.82) is 0 Å². The molecular formula is C16H17N3S2. The van der Waals surface area contributed by atoms with Crippen molar-refractivity contribution in [3.8, 4) is 0 Å². The third-order valence-corrected chi connectivity index (χ3v) is 5.15. The van der Waals surface area contributed by atoms with Crippen LogP contribution in [-0.4, -0.2) is 16.6 Å². The number of hydrazone groups is 1. The zero-order valence-corrected chi connectivity index (χ0v) is 13.9. The minimum absolute atomic E-state index is 0.858. The fraction of sp³-hybridized carbons (Fsp3) is 0.250. The van der Waals surface area contributed by atoms with Gasteiger partial charge in [-0.15, -0.1) is 11.3 Å². The van der Waals surface area contributed by atoms with Crippen LogP contribution in [0.25, 0.3) is 0 Å². The van der Waals surface area contributed by atoms with Crippen LogP contribution in [0, 0.1) is 20.8 Å². The van der Waals surface area contributed by atoms with Gasteiger partial charge in [0.25, 0.3) is 0 Å². The molecule has 1 aliphatic rings. The first-order valence-corrected chi connectivity index (χ1v) is 8.60. The number of benzene rings is 1. The van der Waals surface area contributed by atoms with Crippen molar-refractivity contribution in [2.45, 2.75) is 20.8 Å². The molecule has 21 heavy (non-hydrogen) atoms. The number of nitrogens with zero attached hydrogens (tertiary/aromatic N) is 2. The molecule has 1 aromatic carbocycles. The molecule has 1 N–H and O–H groups in total. The molecule has 5 heteroatoms. The smallest absolute Gasteiger partial charge is 0.182 e. The summed E-state index contributed by atoms with van der Waals surface area (Å²) in [7, 11) is 0. The minimum Gasteiger partial charge on any atom is -0.255 e. The highest BCUT2D eigenvalue weighted by Crippen LogP contribution is 2.24. The number of aliphatic imine (C=N–C) groups is 1. The van der Waals surface area contributed by atoms with Crippen LogP contribution < -0.4 is 5.43 Å². The van der Waals surface area contributed by atoms with Gasteiger partial charge in [-0.1, -0.05) is 29.5 Å². The quantitative estimate of drug-likeness (QED) is 0.891. The van der Waals surface area contributed by atoms with Crippen LogP contribution in [0.4, 0.5) is 5.69 Å². The van der Waals surface area contributed by atoms with E-state index in [0.717, 1.165) is 22.3 Å². The van der Waals surface area contributed by atoms with Gasteiger partial charge in [0.1, 0.15) is 0 Å². The molecule has 3 nitrogen and oxygen atoms in total. The monoisotopic (exact) mass is 315 g/mol. The van der Waals surface area contributed by atoms with Gasteiger partial charge in [-0.05, 0) is 44.5 Å². The molecule has 1 aromatic heterocycles. The number of amidine groups is 1. The summed E-state index contributed by atoms with van der Waals surface area (Å²) < 4.78 is 0. The van der Waals surface area contributed by atoms with E-state index in [4.69, 9.17) is 0 Å². The Morgan fingerprint density at radius 1 is 1.14 bits per heavy atom. The number of rotatable bonds is 2. The highest BCUT2D eigenvalue weighted by atomic mass is 32.2. The molecule has 0 unspecified atom stereocenters. The second-order valence-electron chi connectivity index (χ2n) is 5.08. The van der Waals surface area contributed by atoms with Gasteiger partial charge >= 0.3 is 0 Å². The average molecular weight is 315 g/mol. The van der Waals surface area contributed by atoms with Crippen LogP contribution in [0.2, 0.25) is 0 Å². The summed E-state index contributed by atoms with van der Waals surface area (Å²) in [6, 6.07) is 10.6. The molecule has 108 valence electrons. The summed E-state index contributed by atoms with van der Waals surface area (Å²) in [5, 5.41) is 5.32. The first kappa shape index (κ1) is 14.4. The fourth-order valence-corrected chi connectivity index (χ4v) is 3.84. The molecule has 0 amide bonds. The lowest BCUT2D eigenvalue weighted by Crippen LogP contribution is -2.24. The van der Waals surface area contributed by atoms with Gasteiger partial charge in [0.05, 0.1) is 16.3 Å². The summed E-state index contributed by atoms with van der Waals surface area (Å²) in [5.41, 5.74) is 7.62. The zero-order valence-electron chi connectivity index (χ0n) is 12.3. The predicted molar refractivity (Wildman–Crippen MR) is 94.2 cm³/mol. The van der Waals surface area contributed by atoms with Crippen LogP contribution in [0.5, 0.6) is 0 Å². The Morgan fingerprint density at radius 2 is 2.00 bits per heavy atom. The van der Waals surface area contributed by atoms with E-state index in [9.17, 15) is 0 Å². The van der Waals surface area contributed by atoms with E-state index < -0.39 is 0 Å². The minimum atomic E-state index is 0.858. The van der Waals surface area contributed by atoms with Crippen molar-refractivity contribution in [3.63, 3.8) is 0 Å². The van der Waals surface area contributed by atoms with E-state index in [2.05, 4.69) is 66.6 Å². The molecule has 2 aromatic rings. The number of thioether (sulfide) groups is 1. The van der Waals surface area contributed by atoms with Crippen LogP contribution in [0.15, 0.2) is 40.4 Å². The standard InChI is InChI=1S/C16H17N3S2/c1-10-4-6-13(11(2)8-10)17-16-19-18-14(9-20-16)15-7-5-12(3)21-15/h4-8H,9H2,1-3H3,(H,17,19). The fourth-order valence-electron chi connectivity index (χ4n) is 2.13. The third kappa shape index (κ3) is 3.36. The molecule has 0 radical (unpaired) electrons. The second-order valence-corrected chi connectivity index (χ2v) is 7.33. The van der Waals surface area contributed by atoms with Crippen LogP contribution >= 0.6 is 23.1 Å². The van der Waals surface area contributed by atoms with Gasteiger partial charge in [0, 0.05) is 10.6 Å². The highest BCUT2D eigenvalue weighted by Gasteiger charge is 2.14. The van der Waals surface area contributed by atoms with Crippen molar-refractivity contribution in [3.05, 3.63) is 51.2 Å². The predicted octanol–water partition coefficient (Wildman–Crippen LogP) is 4.40. The maximum Gasteiger partial charge on any atom is 0.182 e. The van der Waals surface area contributed by atoms with E-state index in [-0.39, 0.29) is 0 Å². The molecule has 0 aliphatic carbocycles. The molecule has 2 heterocycles. The van der Waals surface area contributed by atoms with E-state index in [0.29, 0.717) is 0 Å². The van der Waals surface area contributed by atoms with E-state index >= 15 is 0 Å². The van der Waals surface area contributed by atoms with Gasteiger partial charge < -0.3 is 0 Å². The van der Waals surface area contributed by atoms with Crippen molar-refractivity contribution in [2.24, 2.45) is 10.1 Å². The lowest BCUT2D eigenvalue weighted by Gasteiger charge is -2.14. The zero-order chi connectivity index (χ0) is 14.8. The summed E-state index contributed by atoms with van der Waals surface area (Å²) in [4.78, 5) is 7.20.